The number of nitrogens with zero attached hydrogens (tertiary/aromatic N) is 1. The van der Waals surface area contributed by atoms with Crippen LogP contribution in [-0.2, 0) is 13.0 Å². The SMILES string of the molecule is O=C1CCCc2c1n(Cc1ccccc1)c1c(F)cc(F)cc21. The van der Waals surface area contributed by atoms with Crippen LogP contribution in [0, 0.1) is 11.6 Å². The Morgan fingerprint density at radius 2 is 1.83 bits per heavy atom. The third kappa shape index (κ3) is 2.25. The Balaban J connectivity index is 2.01. The second-order valence-corrected chi connectivity index (χ2v) is 5.96. The number of Topliss-reactive ketones (excluding diaryl/α,β-unsaturated/α-hetero) is 1. The molecule has 0 saturated heterocycles. The van der Waals surface area contributed by atoms with Crippen molar-refractivity contribution in [3.8, 4) is 0 Å². The Kier molecular flexibility index (Phi) is 3.26. The highest BCUT2D eigenvalue weighted by Crippen LogP contribution is 2.34. The predicted octanol–water partition coefficient (Wildman–Crippen LogP) is 4.49. The van der Waals surface area contributed by atoms with E-state index in [-0.39, 0.29) is 5.78 Å². The molecule has 116 valence electrons. The molecule has 1 aliphatic rings. The van der Waals surface area contributed by atoms with E-state index < -0.39 is 11.6 Å². The van der Waals surface area contributed by atoms with Crippen molar-refractivity contribution < 1.29 is 13.6 Å². The summed E-state index contributed by atoms with van der Waals surface area (Å²) >= 11 is 0. The Hall–Kier alpha value is -2.49. The normalized spacial score (nSPS) is 14.3. The fraction of sp³-hybridized carbons (Fsp3) is 0.211. The molecule has 1 heterocycles. The molecule has 0 radical (unpaired) electrons. The van der Waals surface area contributed by atoms with Gasteiger partial charge in [-0.3, -0.25) is 4.79 Å². The van der Waals surface area contributed by atoms with Crippen LogP contribution in [0.4, 0.5) is 8.78 Å². The maximum atomic E-state index is 14.5. The van der Waals surface area contributed by atoms with E-state index in [0.717, 1.165) is 23.6 Å². The summed E-state index contributed by atoms with van der Waals surface area (Å²) < 4.78 is 29.8. The largest absolute Gasteiger partial charge is 0.331 e. The summed E-state index contributed by atoms with van der Waals surface area (Å²) in [6.45, 7) is 0.404. The lowest BCUT2D eigenvalue weighted by atomic mass is 9.94. The highest BCUT2D eigenvalue weighted by atomic mass is 19.1. The van der Waals surface area contributed by atoms with Crippen molar-refractivity contribution >= 4 is 16.7 Å². The molecular weight excluding hydrogens is 296 g/mol. The van der Waals surface area contributed by atoms with E-state index in [1.54, 1.807) is 4.57 Å². The number of hydrogen-bond donors (Lipinski definition) is 0. The molecule has 0 atom stereocenters. The summed E-state index contributed by atoms with van der Waals surface area (Å²) in [6, 6.07) is 11.8. The summed E-state index contributed by atoms with van der Waals surface area (Å²) in [5.41, 5.74) is 2.63. The number of carbonyl (C=O) groups excluding carboxylic acids is 1. The molecule has 4 rings (SSSR count). The van der Waals surface area contributed by atoms with Crippen molar-refractivity contribution in [2.24, 2.45) is 0 Å². The summed E-state index contributed by atoms with van der Waals surface area (Å²) in [4.78, 5) is 12.4. The highest BCUT2D eigenvalue weighted by Gasteiger charge is 2.27. The van der Waals surface area contributed by atoms with Crippen molar-refractivity contribution in [1.29, 1.82) is 0 Å². The maximum absolute atomic E-state index is 14.5. The molecule has 2 nitrogen and oxygen atoms in total. The summed E-state index contributed by atoms with van der Waals surface area (Å²) in [7, 11) is 0. The van der Waals surface area contributed by atoms with Crippen molar-refractivity contribution in [2.45, 2.75) is 25.8 Å². The van der Waals surface area contributed by atoms with Crippen LogP contribution in [0.25, 0.3) is 10.9 Å². The minimum atomic E-state index is -0.613. The number of ketones is 1. The van der Waals surface area contributed by atoms with Gasteiger partial charge in [0.15, 0.2) is 5.78 Å². The zero-order chi connectivity index (χ0) is 16.0. The zero-order valence-corrected chi connectivity index (χ0v) is 12.5. The van der Waals surface area contributed by atoms with Gasteiger partial charge in [-0.15, -0.1) is 0 Å². The second kappa shape index (κ2) is 5.30. The molecule has 0 N–H and O–H groups in total. The number of carbonyl (C=O) groups is 1. The fourth-order valence-electron chi connectivity index (χ4n) is 3.51. The first-order chi connectivity index (χ1) is 11.1. The number of benzene rings is 2. The molecule has 0 saturated carbocycles. The topological polar surface area (TPSA) is 22.0 Å². The van der Waals surface area contributed by atoms with Crippen LogP contribution >= 0.6 is 0 Å². The van der Waals surface area contributed by atoms with E-state index in [9.17, 15) is 13.6 Å². The van der Waals surface area contributed by atoms with Crippen LogP contribution < -0.4 is 0 Å². The summed E-state index contributed by atoms with van der Waals surface area (Å²) in [5, 5.41) is 0.529. The van der Waals surface area contributed by atoms with Crippen molar-refractivity contribution in [3.63, 3.8) is 0 Å². The molecule has 0 unspecified atom stereocenters. The number of aromatic nitrogens is 1. The van der Waals surface area contributed by atoms with Gasteiger partial charge in [-0.2, -0.15) is 0 Å². The van der Waals surface area contributed by atoms with Gasteiger partial charge in [0, 0.05) is 24.4 Å². The number of hydrogen-bond acceptors (Lipinski definition) is 1. The highest BCUT2D eigenvalue weighted by molar-refractivity contribution is 6.04. The van der Waals surface area contributed by atoms with Gasteiger partial charge in [-0.1, -0.05) is 30.3 Å². The number of rotatable bonds is 2. The van der Waals surface area contributed by atoms with Crippen molar-refractivity contribution in [3.05, 3.63) is 70.9 Å². The molecule has 1 aromatic heterocycles. The smallest absolute Gasteiger partial charge is 0.179 e. The van der Waals surface area contributed by atoms with Crippen LogP contribution in [0.1, 0.15) is 34.5 Å². The van der Waals surface area contributed by atoms with Crippen molar-refractivity contribution in [2.75, 3.05) is 0 Å². The Bertz CT molecular complexity index is 912. The van der Waals surface area contributed by atoms with Gasteiger partial charge < -0.3 is 4.57 Å². The second-order valence-electron chi connectivity index (χ2n) is 5.96. The van der Waals surface area contributed by atoms with E-state index in [4.69, 9.17) is 0 Å². The molecule has 4 heteroatoms. The van der Waals surface area contributed by atoms with Gasteiger partial charge in [-0.05, 0) is 30.0 Å². The minimum absolute atomic E-state index is 0.0122. The zero-order valence-electron chi connectivity index (χ0n) is 12.5. The van der Waals surface area contributed by atoms with Gasteiger partial charge in [-0.25, -0.2) is 8.78 Å². The van der Waals surface area contributed by atoms with Gasteiger partial charge in [0.1, 0.15) is 11.6 Å². The van der Waals surface area contributed by atoms with Gasteiger partial charge in [0.2, 0.25) is 0 Å². The van der Waals surface area contributed by atoms with E-state index in [1.807, 2.05) is 30.3 Å². The number of fused-ring (bicyclic) bond motifs is 3. The summed E-state index contributed by atoms with van der Waals surface area (Å²) in [6.07, 6.45) is 1.87. The van der Waals surface area contributed by atoms with Crippen LogP contribution in [0.3, 0.4) is 0 Å². The predicted molar refractivity (Wildman–Crippen MR) is 84.7 cm³/mol. The average molecular weight is 311 g/mol. The molecule has 0 amide bonds. The van der Waals surface area contributed by atoms with E-state index >= 15 is 0 Å². The van der Waals surface area contributed by atoms with E-state index in [1.165, 1.54) is 6.07 Å². The first-order valence-electron chi connectivity index (χ1n) is 7.72. The number of aryl methyl sites for hydroxylation is 1. The van der Waals surface area contributed by atoms with Crippen LogP contribution in [0.2, 0.25) is 0 Å². The lowest BCUT2D eigenvalue weighted by Gasteiger charge is -2.15. The molecule has 2 aromatic carbocycles. The quantitative estimate of drug-likeness (QED) is 0.683. The molecule has 0 aliphatic heterocycles. The molecular formula is C19H15F2NO. The van der Waals surface area contributed by atoms with Crippen molar-refractivity contribution in [1.82, 2.24) is 4.57 Å². The fourth-order valence-corrected chi connectivity index (χ4v) is 3.51. The lowest BCUT2D eigenvalue weighted by Crippen LogP contribution is -2.16. The lowest BCUT2D eigenvalue weighted by molar-refractivity contribution is 0.0964. The Morgan fingerprint density at radius 1 is 1.04 bits per heavy atom. The molecule has 1 aliphatic carbocycles. The molecule has 0 bridgehead atoms. The average Bonchev–Trinajstić information content (AvgIpc) is 2.84. The van der Waals surface area contributed by atoms with Gasteiger partial charge in [0.05, 0.1) is 11.2 Å². The van der Waals surface area contributed by atoms with E-state index in [2.05, 4.69) is 0 Å². The van der Waals surface area contributed by atoms with Crippen LogP contribution in [-0.4, -0.2) is 10.4 Å². The molecule has 0 spiro atoms. The third-order valence-corrected chi connectivity index (χ3v) is 4.46. The van der Waals surface area contributed by atoms with E-state index in [0.29, 0.717) is 36.0 Å². The standard InChI is InChI=1S/C19H15F2NO/c20-13-9-15-14-7-4-8-17(23)19(14)22(18(15)16(21)10-13)11-12-5-2-1-3-6-12/h1-3,5-6,9-10H,4,7-8,11H2. The maximum Gasteiger partial charge on any atom is 0.179 e. The summed E-state index contributed by atoms with van der Waals surface area (Å²) in [5.74, 6) is -1.20. The molecule has 23 heavy (non-hydrogen) atoms. The Labute approximate surface area is 132 Å². The van der Waals surface area contributed by atoms with Gasteiger partial charge in [0.25, 0.3) is 0 Å². The van der Waals surface area contributed by atoms with Crippen LogP contribution in [0.5, 0.6) is 0 Å². The molecule has 3 aromatic rings. The number of halogens is 2. The Morgan fingerprint density at radius 3 is 2.61 bits per heavy atom. The third-order valence-electron chi connectivity index (χ3n) is 4.46. The monoisotopic (exact) mass is 311 g/mol. The minimum Gasteiger partial charge on any atom is -0.331 e. The molecule has 0 fully saturated rings. The first kappa shape index (κ1) is 14.1. The van der Waals surface area contributed by atoms with Gasteiger partial charge >= 0.3 is 0 Å². The first-order valence-corrected chi connectivity index (χ1v) is 7.72. The van der Waals surface area contributed by atoms with Crippen LogP contribution in [0.15, 0.2) is 42.5 Å².